The number of aryl methyl sites for hydroxylation is 1. The van der Waals surface area contributed by atoms with Crippen molar-refractivity contribution in [1.82, 2.24) is 24.5 Å². The molecule has 29 heavy (non-hydrogen) atoms. The second-order valence-corrected chi connectivity index (χ2v) is 6.95. The molecule has 0 atom stereocenters. The minimum Gasteiger partial charge on any atom is -0.454 e. The van der Waals surface area contributed by atoms with Crippen LogP contribution in [-0.2, 0) is 4.79 Å². The molecule has 4 heterocycles. The molecular formula is C20H20N6O3. The van der Waals surface area contributed by atoms with Gasteiger partial charge in [0, 0.05) is 44.6 Å². The lowest BCUT2D eigenvalue weighted by molar-refractivity contribution is -0.126. The van der Waals surface area contributed by atoms with E-state index in [1.807, 2.05) is 40.6 Å². The molecule has 0 aliphatic carbocycles. The summed E-state index contributed by atoms with van der Waals surface area (Å²) in [6, 6.07) is 5.63. The van der Waals surface area contributed by atoms with Crippen LogP contribution in [0, 0.1) is 6.92 Å². The SMILES string of the molecule is Cc1nnc2c(N3CCN(C(=O)C=Cc4ccc5c(c4)OCO5)CC3)nccn12. The van der Waals surface area contributed by atoms with Gasteiger partial charge in [-0.3, -0.25) is 9.20 Å². The number of anilines is 1. The number of hydrogen-bond donors (Lipinski definition) is 0. The topological polar surface area (TPSA) is 85.1 Å². The average molecular weight is 392 g/mol. The predicted molar refractivity (Wildman–Crippen MR) is 106 cm³/mol. The summed E-state index contributed by atoms with van der Waals surface area (Å²) in [6.07, 6.45) is 7.02. The van der Waals surface area contributed by atoms with Crippen LogP contribution in [0.4, 0.5) is 5.82 Å². The second-order valence-electron chi connectivity index (χ2n) is 6.95. The normalized spacial score (nSPS) is 16.2. The Bertz CT molecular complexity index is 1100. The van der Waals surface area contributed by atoms with Gasteiger partial charge in [0.25, 0.3) is 0 Å². The number of carbonyl (C=O) groups excluding carboxylic acids is 1. The van der Waals surface area contributed by atoms with Crippen molar-refractivity contribution < 1.29 is 14.3 Å². The number of hydrogen-bond acceptors (Lipinski definition) is 7. The summed E-state index contributed by atoms with van der Waals surface area (Å²) in [5.74, 6) is 3.06. The van der Waals surface area contributed by atoms with Gasteiger partial charge in [-0.15, -0.1) is 10.2 Å². The Kier molecular flexibility index (Phi) is 4.27. The van der Waals surface area contributed by atoms with Gasteiger partial charge in [0.15, 0.2) is 17.3 Å². The summed E-state index contributed by atoms with van der Waals surface area (Å²) in [5, 5.41) is 8.36. The lowest BCUT2D eigenvalue weighted by atomic mass is 10.2. The van der Waals surface area contributed by atoms with E-state index in [2.05, 4.69) is 20.1 Å². The number of carbonyl (C=O) groups is 1. The first kappa shape index (κ1) is 17.5. The van der Waals surface area contributed by atoms with E-state index in [4.69, 9.17) is 9.47 Å². The summed E-state index contributed by atoms with van der Waals surface area (Å²) in [4.78, 5) is 21.1. The molecule has 0 N–H and O–H groups in total. The molecule has 5 rings (SSSR count). The molecule has 9 heteroatoms. The molecule has 0 spiro atoms. The van der Waals surface area contributed by atoms with Crippen LogP contribution >= 0.6 is 0 Å². The maximum atomic E-state index is 12.6. The zero-order chi connectivity index (χ0) is 19.8. The molecular weight excluding hydrogens is 372 g/mol. The lowest BCUT2D eigenvalue weighted by Gasteiger charge is -2.34. The number of fused-ring (bicyclic) bond motifs is 2. The van der Waals surface area contributed by atoms with Crippen LogP contribution in [0.1, 0.15) is 11.4 Å². The number of piperazine rings is 1. The maximum absolute atomic E-state index is 12.6. The Morgan fingerprint density at radius 1 is 1.10 bits per heavy atom. The highest BCUT2D eigenvalue weighted by Crippen LogP contribution is 2.32. The first-order valence-electron chi connectivity index (χ1n) is 9.47. The first-order valence-corrected chi connectivity index (χ1v) is 9.47. The molecule has 9 nitrogen and oxygen atoms in total. The van der Waals surface area contributed by atoms with Crippen molar-refractivity contribution in [3.8, 4) is 11.5 Å². The van der Waals surface area contributed by atoms with Crippen LogP contribution < -0.4 is 14.4 Å². The fourth-order valence-electron chi connectivity index (χ4n) is 3.58. The number of benzene rings is 1. The number of amides is 1. The molecule has 1 fully saturated rings. The Hall–Kier alpha value is -3.62. The quantitative estimate of drug-likeness (QED) is 0.625. The molecule has 3 aromatic rings. The van der Waals surface area contributed by atoms with Crippen molar-refractivity contribution in [2.24, 2.45) is 0 Å². The molecule has 0 unspecified atom stereocenters. The van der Waals surface area contributed by atoms with Gasteiger partial charge in [0.05, 0.1) is 0 Å². The fourth-order valence-corrected chi connectivity index (χ4v) is 3.58. The molecule has 0 radical (unpaired) electrons. The van der Waals surface area contributed by atoms with Crippen molar-refractivity contribution in [3.63, 3.8) is 0 Å². The molecule has 1 aromatic carbocycles. The predicted octanol–water partition coefficient (Wildman–Crippen LogP) is 1.52. The Labute approximate surface area is 167 Å². The standard InChI is InChI=1S/C20H20N6O3/c1-14-22-23-20-19(21-6-7-26(14)20)25-10-8-24(9-11-25)18(27)5-3-15-2-4-16-17(12-15)29-13-28-16/h2-7,12H,8-11,13H2,1H3. The average Bonchev–Trinajstić information content (AvgIpc) is 3.38. The lowest BCUT2D eigenvalue weighted by Crippen LogP contribution is -2.48. The molecule has 2 aliphatic rings. The van der Waals surface area contributed by atoms with E-state index >= 15 is 0 Å². The Balaban J connectivity index is 1.24. The van der Waals surface area contributed by atoms with Crippen molar-refractivity contribution in [3.05, 3.63) is 48.1 Å². The molecule has 0 bridgehead atoms. The third-order valence-corrected chi connectivity index (χ3v) is 5.18. The highest BCUT2D eigenvalue weighted by atomic mass is 16.7. The minimum atomic E-state index is -0.00759. The highest BCUT2D eigenvalue weighted by Gasteiger charge is 2.23. The van der Waals surface area contributed by atoms with Gasteiger partial charge >= 0.3 is 0 Å². The summed E-state index contributed by atoms with van der Waals surface area (Å²) in [5.41, 5.74) is 1.65. The zero-order valence-electron chi connectivity index (χ0n) is 16.0. The van der Waals surface area contributed by atoms with Gasteiger partial charge in [-0.2, -0.15) is 0 Å². The van der Waals surface area contributed by atoms with Gasteiger partial charge in [-0.1, -0.05) is 6.07 Å². The van der Waals surface area contributed by atoms with Crippen LogP contribution in [-0.4, -0.2) is 63.4 Å². The zero-order valence-corrected chi connectivity index (χ0v) is 16.0. The number of rotatable bonds is 3. The summed E-state index contributed by atoms with van der Waals surface area (Å²) < 4.78 is 12.6. The van der Waals surface area contributed by atoms with Gasteiger partial charge in [0.1, 0.15) is 5.82 Å². The third-order valence-electron chi connectivity index (χ3n) is 5.18. The van der Waals surface area contributed by atoms with E-state index in [-0.39, 0.29) is 12.7 Å². The molecule has 0 saturated carbocycles. The van der Waals surface area contributed by atoms with Crippen LogP contribution in [0.5, 0.6) is 11.5 Å². The van der Waals surface area contributed by atoms with E-state index < -0.39 is 0 Å². The molecule has 2 aromatic heterocycles. The molecule has 148 valence electrons. The van der Waals surface area contributed by atoms with Gasteiger partial charge in [-0.25, -0.2) is 4.98 Å². The first-order chi connectivity index (χ1) is 14.2. The largest absolute Gasteiger partial charge is 0.454 e. The number of aromatic nitrogens is 4. The van der Waals surface area contributed by atoms with Crippen LogP contribution in [0.3, 0.4) is 0 Å². The third kappa shape index (κ3) is 3.24. The molecule has 2 aliphatic heterocycles. The van der Waals surface area contributed by atoms with Crippen LogP contribution in [0.25, 0.3) is 11.7 Å². The summed E-state index contributed by atoms with van der Waals surface area (Å²) in [7, 11) is 0. The van der Waals surface area contributed by atoms with E-state index in [0.29, 0.717) is 31.9 Å². The van der Waals surface area contributed by atoms with Crippen LogP contribution in [0.15, 0.2) is 36.7 Å². The minimum absolute atomic E-state index is 0.00759. The number of ether oxygens (including phenoxy) is 2. The summed E-state index contributed by atoms with van der Waals surface area (Å²) >= 11 is 0. The van der Waals surface area contributed by atoms with Crippen molar-refractivity contribution in [2.75, 3.05) is 37.9 Å². The van der Waals surface area contributed by atoms with Gasteiger partial charge in [-0.05, 0) is 30.7 Å². The highest BCUT2D eigenvalue weighted by molar-refractivity contribution is 5.92. The van der Waals surface area contributed by atoms with Gasteiger partial charge < -0.3 is 19.3 Å². The smallest absolute Gasteiger partial charge is 0.246 e. The van der Waals surface area contributed by atoms with Crippen molar-refractivity contribution in [1.29, 1.82) is 0 Å². The van der Waals surface area contributed by atoms with E-state index in [1.54, 1.807) is 18.3 Å². The summed E-state index contributed by atoms with van der Waals surface area (Å²) in [6.45, 7) is 4.79. The van der Waals surface area contributed by atoms with Crippen molar-refractivity contribution in [2.45, 2.75) is 6.92 Å². The Morgan fingerprint density at radius 2 is 1.93 bits per heavy atom. The molecule has 1 amide bonds. The van der Waals surface area contributed by atoms with E-state index in [0.717, 1.165) is 28.6 Å². The van der Waals surface area contributed by atoms with E-state index in [1.165, 1.54) is 0 Å². The van der Waals surface area contributed by atoms with Gasteiger partial charge in [0.2, 0.25) is 18.3 Å². The molecule has 1 saturated heterocycles. The fraction of sp³-hybridized carbons (Fsp3) is 0.300. The Morgan fingerprint density at radius 3 is 2.79 bits per heavy atom. The van der Waals surface area contributed by atoms with Crippen molar-refractivity contribution >= 4 is 23.4 Å². The number of nitrogens with zero attached hydrogens (tertiary/aromatic N) is 6. The maximum Gasteiger partial charge on any atom is 0.246 e. The van der Waals surface area contributed by atoms with E-state index in [9.17, 15) is 4.79 Å². The monoisotopic (exact) mass is 392 g/mol. The van der Waals surface area contributed by atoms with Crippen LogP contribution in [0.2, 0.25) is 0 Å². The second kappa shape index (κ2) is 7.08.